The minimum atomic E-state index is -0.264. The summed E-state index contributed by atoms with van der Waals surface area (Å²) in [5.41, 5.74) is 2.67. The highest BCUT2D eigenvalue weighted by molar-refractivity contribution is 5.77. The van der Waals surface area contributed by atoms with Crippen molar-refractivity contribution in [3.63, 3.8) is 0 Å². The number of anilines is 1. The first-order chi connectivity index (χ1) is 9.31. The van der Waals surface area contributed by atoms with Crippen molar-refractivity contribution in [3.05, 3.63) is 54.1 Å². The lowest BCUT2D eigenvalue weighted by Gasteiger charge is -2.02. The number of fused-ring (bicyclic) bond motifs is 1. The van der Waals surface area contributed by atoms with Crippen LogP contribution < -0.4 is 5.32 Å². The van der Waals surface area contributed by atoms with Gasteiger partial charge >= 0.3 is 0 Å². The maximum atomic E-state index is 13.0. The molecule has 0 amide bonds. The topological polar surface area (TPSA) is 53.6 Å². The van der Waals surface area contributed by atoms with E-state index in [1.165, 1.54) is 17.7 Å². The summed E-state index contributed by atoms with van der Waals surface area (Å²) < 4.78 is 13.0. The highest BCUT2D eigenvalue weighted by atomic mass is 19.1. The van der Waals surface area contributed by atoms with E-state index in [4.69, 9.17) is 0 Å². The summed E-state index contributed by atoms with van der Waals surface area (Å²) >= 11 is 0. The van der Waals surface area contributed by atoms with Crippen molar-refractivity contribution in [3.8, 4) is 0 Å². The average Bonchev–Trinajstić information content (AvgIpc) is 2.82. The Kier molecular flexibility index (Phi) is 3.10. The van der Waals surface area contributed by atoms with E-state index in [0.29, 0.717) is 11.5 Å². The van der Waals surface area contributed by atoms with Crippen LogP contribution in [-0.4, -0.2) is 21.5 Å². The molecule has 0 aliphatic rings. The molecule has 0 saturated heterocycles. The first-order valence-corrected chi connectivity index (χ1v) is 6.09. The van der Waals surface area contributed by atoms with E-state index in [2.05, 4.69) is 20.3 Å². The Hall–Kier alpha value is -2.43. The Morgan fingerprint density at radius 1 is 1.16 bits per heavy atom. The van der Waals surface area contributed by atoms with Gasteiger partial charge in [-0.3, -0.25) is 4.98 Å². The van der Waals surface area contributed by atoms with Crippen molar-refractivity contribution in [2.75, 3.05) is 11.9 Å². The lowest BCUT2D eigenvalue weighted by Crippen LogP contribution is -2.05. The van der Waals surface area contributed by atoms with Crippen LogP contribution >= 0.6 is 0 Å². The lowest BCUT2D eigenvalue weighted by atomic mass is 10.2. The number of hydrogen-bond donors (Lipinski definition) is 2. The minimum Gasteiger partial charge on any atom is -0.355 e. The van der Waals surface area contributed by atoms with E-state index in [1.54, 1.807) is 18.5 Å². The molecule has 0 radical (unpaired) electrons. The number of nitrogens with zero attached hydrogens (tertiary/aromatic N) is 2. The summed E-state index contributed by atoms with van der Waals surface area (Å²) in [4.78, 5) is 11.4. The Bertz CT molecular complexity index is 678. The van der Waals surface area contributed by atoms with Crippen LogP contribution in [0.4, 0.5) is 10.3 Å². The molecule has 4 nitrogen and oxygen atoms in total. The first kappa shape index (κ1) is 11.6. The average molecular weight is 256 g/mol. The van der Waals surface area contributed by atoms with Gasteiger partial charge in [0, 0.05) is 18.9 Å². The summed E-state index contributed by atoms with van der Waals surface area (Å²) in [7, 11) is 0. The number of hydrogen-bond acceptors (Lipinski definition) is 3. The van der Waals surface area contributed by atoms with Gasteiger partial charge in [-0.2, -0.15) is 0 Å². The van der Waals surface area contributed by atoms with E-state index in [9.17, 15) is 4.39 Å². The van der Waals surface area contributed by atoms with Crippen molar-refractivity contribution in [1.29, 1.82) is 0 Å². The largest absolute Gasteiger partial charge is 0.355 e. The maximum Gasteiger partial charge on any atom is 0.201 e. The van der Waals surface area contributed by atoms with Crippen LogP contribution in [-0.2, 0) is 6.42 Å². The summed E-state index contributed by atoms with van der Waals surface area (Å²) in [6, 6.07) is 8.47. The molecular formula is C14H13FN4. The van der Waals surface area contributed by atoms with Gasteiger partial charge in [-0.05, 0) is 42.3 Å². The van der Waals surface area contributed by atoms with Crippen LogP contribution in [0.15, 0.2) is 42.7 Å². The van der Waals surface area contributed by atoms with E-state index in [1.807, 2.05) is 12.1 Å². The van der Waals surface area contributed by atoms with Crippen LogP contribution in [0.5, 0.6) is 0 Å². The molecule has 0 bridgehead atoms. The SMILES string of the molecule is Fc1ccc2nc(NCCc3ccncc3)[nH]c2c1. The van der Waals surface area contributed by atoms with Crippen LogP contribution in [0.25, 0.3) is 11.0 Å². The number of aromatic amines is 1. The van der Waals surface area contributed by atoms with Gasteiger partial charge in [0.05, 0.1) is 11.0 Å². The van der Waals surface area contributed by atoms with Crippen LogP contribution in [0.1, 0.15) is 5.56 Å². The second-order valence-electron chi connectivity index (χ2n) is 4.28. The molecule has 0 fully saturated rings. The van der Waals surface area contributed by atoms with Gasteiger partial charge in [0.15, 0.2) is 0 Å². The van der Waals surface area contributed by atoms with Crippen molar-refractivity contribution >= 4 is 17.0 Å². The first-order valence-electron chi connectivity index (χ1n) is 6.09. The van der Waals surface area contributed by atoms with Gasteiger partial charge in [-0.25, -0.2) is 9.37 Å². The Morgan fingerprint density at radius 3 is 2.84 bits per heavy atom. The minimum absolute atomic E-state index is 0.264. The number of pyridine rings is 1. The molecule has 96 valence electrons. The van der Waals surface area contributed by atoms with Gasteiger partial charge in [0.2, 0.25) is 5.95 Å². The molecule has 0 aliphatic heterocycles. The second-order valence-corrected chi connectivity index (χ2v) is 4.28. The molecule has 0 atom stereocenters. The molecule has 3 rings (SSSR count). The van der Waals surface area contributed by atoms with Gasteiger partial charge in [0.25, 0.3) is 0 Å². The van der Waals surface area contributed by atoms with Crippen molar-refractivity contribution in [2.24, 2.45) is 0 Å². The third kappa shape index (κ3) is 2.70. The zero-order valence-corrected chi connectivity index (χ0v) is 10.2. The summed E-state index contributed by atoms with van der Waals surface area (Å²) in [5.74, 6) is 0.397. The third-order valence-electron chi connectivity index (χ3n) is 2.90. The predicted molar refractivity (Wildman–Crippen MR) is 72.5 cm³/mol. The summed E-state index contributed by atoms with van der Waals surface area (Å²) in [5, 5.41) is 3.19. The zero-order valence-electron chi connectivity index (χ0n) is 10.2. The third-order valence-corrected chi connectivity index (χ3v) is 2.90. The fourth-order valence-corrected chi connectivity index (χ4v) is 1.94. The maximum absolute atomic E-state index is 13.0. The summed E-state index contributed by atoms with van der Waals surface area (Å²) in [6.07, 6.45) is 4.44. The molecule has 1 aromatic carbocycles. The van der Waals surface area contributed by atoms with Crippen molar-refractivity contribution in [1.82, 2.24) is 15.0 Å². The van der Waals surface area contributed by atoms with Crippen molar-refractivity contribution < 1.29 is 4.39 Å². The standard InChI is InChI=1S/C14H13FN4/c15-11-1-2-12-13(9-11)19-14(18-12)17-8-5-10-3-6-16-7-4-10/h1-4,6-7,9H,5,8H2,(H2,17,18,19). The van der Waals surface area contributed by atoms with Gasteiger partial charge in [0.1, 0.15) is 5.82 Å². The molecule has 19 heavy (non-hydrogen) atoms. The number of H-pyrrole nitrogens is 1. The molecule has 0 aliphatic carbocycles. The highest BCUT2D eigenvalue weighted by Gasteiger charge is 2.03. The van der Waals surface area contributed by atoms with Crippen LogP contribution in [0, 0.1) is 5.82 Å². The summed E-state index contributed by atoms with van der Waals surface area (Å²) in [6.45, 7) is 0.756. The van der Waals surface area contributed by atoms with Crippen LogP contribution in [0.2, 0.25) is 0 Å². The predicted octanol–water partition coefficient (Wildman–Crippen LogP) is 2.75. The number of halogens is 1. The quantitative estimate of drug-likeness (QED) is 0.754. The Labute approximate surface area is 109 Å². The lowest BCUT2D eigenvalue weighted by molar-refractivity contribution is 0.629. The molecule has 5 heteroatoms. The van der Waals surface area contributed by atoms with Crippen molar-refractivity contribution in [2.45, 2.75) is 6.42 Å². The Morgan fingerprint density at radius 2 is 2.00 bits per heavy atom. The molecule has 0 spiro atoms. The molecule has 0 saturated carbocycles. The monoisotopic (exact) mass is 256 g/mol. The molecule has 2 N–H and O–H groups in total. The smallest absolute Gasteiger partial charge is 0.201 e. The number of benzene rings is 1. The van der Waals surface area contributed by atoms with Gasteiger partial charge < -0.3 is 10.3 Å². The van der Waals surface area contributed by atoms with E-state index in [0.717, 1.165) is 18.5 Å². The highest BCUT2D eigenvalue weighted by Crippen LogP contribution is 2.15. The zero-order chi connectivity index (χ0) is 13.1. The number of imidazole rings is 1. The normalized spacial score (nSPS) is 10.8. The molecule has 2 heterocycles. The number of rotatable bonds is 4. The van der Waals surface area contributed by atoms with Gasteiger partial charge in [-0.1, -0.05) is 0 Å². The fraction of sp³-hybridized carbons (Fsp3) is 0.143. The van der Waals surface area contributed by atoms with Crippen LogP contribution in [0.3, 0.4) is 0 Å². The Balaban J connectivity index is 1.65. The number of aromatic nitrogens is 3. The van der Waals surface area contributed by atoms with E-state index < -0.39 is 0 Å². The molecular weight excluding hydrogens is 243 g/mol. The second kappa shape index (κ2) is 5.06. The molecule has 2 aromatic heterocycles. The molecule has 0 unspecified atom stereocenters. The van der Waals surface area contributed by atoms with E-state index in [-0.39, 0.29) is 5.82 Å². The van der Waals surface area contributed by atoms with Gasteiger partial charge in [-0.15, -0.1) is 0 Å². The van der Waals surface area contributed by atoms with E-state index >= 15 is 0 Å². The fourth-order valence-electron chi connectivity index (χ4n) is 1.94. The number of nitrogens with one attached hydrogen (secondary N) is 2. The molecule has 3 aromatic rings.